The summed E-state index contributed by atoms with van der Waals surface area (Å²) in [6, 6.07) is 17.9. The van der Waals surface area contributed by atoms with Crippen molar-refractivity contribution in [2.75, 3.05) is 57.6 Å². The number of ether oxygens (including phenoxy) is 1. The maximum Gasteiger partial charge on any atom is 0.175 e. The molecule has 0 aliphatic carbocycles. The SMILES string of the molecule is COCCN1CCN(c2ccc(-c3cc(C)c4nc(-c5ccc(S(C)(=O)=O)cc5)cn4c3)cc2)CC1. The minimum atomic E-state index is -3.22. The monoisotopic (exact) mass is 504 g/mol. The average molecular weight is 505 g/mol. The zero-order chi connectivity index (χ0) is 25.3. The number of fused-ring (bicyclic) bond motifs is 1. The minimum absolute atomic E-state index is 0.310. The highest BCUT2D eigenvalue weighted by Crippen LogP contribution is 2.28. The van der Waals surface area contributed by atoms with Gasteiger partial charge in [-0.05, 0) is 53.9 Å². The van der Waals surface area contributed by atoms with Gasteiger partial charge in [0, 0.05) is 69.7 Å². The maximum atomic E-state index is 11.8. The van der Waals surface area contributed by atoms with Gasteiger partial charge in [-0.15, -0.1) is 0 Å². The number of rotatable bonds is 7. The van der Waals surface area contributed by atoms with Crippen LogP contribution in [0.4, 0.5) is 5.69 Å². The summed E-state index contributed by atoms with van der Waals surface area (Å²) in [6.07, 6.45) is 5.32. The number of pyridine rings is 1. The van der Waals surface area contributed by atoms with Crippen molar-refractivity contribution < 1.29 is 13.2 Å². The third kappa shape index (κ3) is 5.16. The lowest BCUT2D eigenvalue weighted by Gasteiger charge is -2.36. The molecule has 0 atom stereocenters. The summed E-state index contributed by atoms with van der Waals surface area (Å²) in [7, 11) is -1.47. The predicted molar refractivity (Wildman–Crippen MR) is 144 cm³/mol. The van der Waals surface area contributed by atoms with Gasteiger partial charge in [0.2, 0.25) is 0 Å². The Labute approximate surface area is 212 Å². The van der Waals surface area contributed by atoms with E-state index in [-0.39, 0.29) is 0 Å². The van der Waals surface area contributed by atoms with E-state index in [4.69, 9.17) is 9.72 Å². The van der Waals surface area contributed by atoms with Gasteiger partial charge in [-0.2, -0.15) is 0 Å². The molecule has 1 aliphatic heterocycles. The van der Waals surface area contributed by atoms with Crippen LogP contribution in [0.5, 0.6) is 0 Å². The Balaban J connectivity index is 1.34. The van der Waals surface area contributed by atoms with Gasteiger partial charge in [0.1, 0.15) is 5.65 Å². The van der Waals surface area contributed by atoms with Crippen LogP contribution in [-0.2, 0) is 14.6 Å². The lowest BCUT2D eigenvalue weighted by molar-refractivity contribution is 0.144. The molecule has 2 aromatic carbocycles. The van der Waals surface area contributed by atoms with E-state index in [1.165, 1.54) is 11.9 Å². The van der Waals surface area contributed by atoms with Crippen LogP contribution in [0.3, 0.4) is 0 Å². The third-order valence-electron chi connectivity index (χ3n) is 6.86. The fraction of sp³-hybridized carbons (Fsp3) is 0.321. The van der Waals surface area contributed by atoms with Gasteiger partial charge in [0.15, 0.2) is 9.84 Å². The molecule has 2 aromatic heterocycles. The highest BCUT2D eigenvalue weighted by molar-refractivity contribution is 7.90. The molecule has 0 saturated carbocycles. The number of nitrogens with zero attached hydrogens (tertiary/aromatic N) is 4. The molecular weight excluding hydrogens is 472 g/mol. The predicted octanol–water partition coefficient (Wildman–Crippen LogP) is 4.15. The van der Waals surface area contributed by atoms with Gasteiger partial charge in [-0.3, -0.25) is 4.90 Å². The maximum absolute atomic E-state index is 11.8. The van der Waals surface area contributed by atoms with Gasteiger partial charge in [-0.25, -0.2) is 13.4 Å². The molecule has 1 fully saturated rings. The summed E-state index contributed by atoms with van der Waals surface area (Å²) in [6.45, 7) is 8.01. The number of benzene rings is 2. The summed E-state index contributed by atoms with van der Waals surface area (Å²) >= 11 is 0. The Kier molecular flexibility index (Phi) is 6.83. The Morgan fingerprint density at radius 2 is 1.56 bits per heavy atom. The van der Waals surface area contributed by atoms with Crippen LogP contribution in [-0.4, -0.2) is 75.4 Å². The fourth-order valence-corrected chi connectivity index (χ4v) is 5.38. The summed E-state index contributed by atoms with van der Waals surface area (Å²) in [4.78, 5) is 10.0. The van der Waals surface area contributed by atoms with Crippen LogP contribution in [0.2, 0.25) is 0 Å². The normalized spacial score (nSPS) is 15.0. The number of methoxy groups -OCH3 is 1. The second-order valence-electron chi connectivity index (χ2n) is 9.43. The third-order valence-corrected chi connectivity index (χ3v) is 7.99. The molecule has 4 aromatic rings. The van der Waals surface area contributed by atoms with Gasteiger partial charge < -0.3 is 14.0 Å². The van der Waals surface area contributed by atoms with Crippen molar-refractivity contribution in [3.63, 3.8) is 0 Å². The molecular formula is C28H32N4O3S. The van der Waals surface area contributed by atoms with Crippen LogP contribution in [0, 0.1) is 6.92 Å². The first-order valence-corrected chi connectivity index (χ1v) is 14.1. The molecule has 36 heavy (non-hydrogen) atoms. The Morgan fingerprint density at radius 3 is 2.19 bits per heavy atom. The summed E-state index contributed by atoms with van der Waals surface area (Å²) in [5.74, 6) is 0. The molecule has 0 spiro atoms. The van der Waals surface area contributed by atoms with E-state index in [0.717, 1.165) is 72.9 Å². The highest BCUT2D eigenvalue weighted by atomic mass is 32.2. The highest BCUT2D eigenvalue weighted by Gasteiger charge is 2.17. The summed E-state index contributed by atoms with van der Waals surface area (Å²) in [5, 5.41) is 0. The molecule has 5 rings (SSSR count). The molecule has 0 bridgehead atoms. The van der Waals surface area contributed by atoms with Gasteiger partial charge >= 0.3 is 0 Å². The lowest BCUT2D eigenvalue weighted by atomic mass is 10.1. The average Bonchev–Trinajstić information content (AvgIpc) is 3.32. The van der Waals surface area contributed by atoms with Crippen LogP contribution >= 0.6 is 0 Å². The van der Waals surface area contributed by atoms with E-state index < -0.39 is 9.84 Å². The van der Waals surface area contributed by atoms with Crippen molar-refractivity contribution in [3.8, 4) is 22.4 Å². The molecule has 1 aliphatic rings. The van der Waals surface area contributed by atoms with Crippen molar-refractivity contribution in [2.45, 2.75) is 11.8 Å². The minimum Gasteiger partial charge on any atom is -0.383 e. The second kappa shape index (κ2) is 10.0. The van der Waals surface area contributed by atoms with E-state index in [2.05, 4.69) is 57.7 Å². The fourth-order valence-electron chi connectivity index (χ4n) is 4.75. The molecule has 7 nitrogen and oxygen atoms in total. The number of imidazole rings is 1. The molecule has 0 radical (unpaired) electrons. The lowest BCUT2D eigenvalue weighted by Crippen LogP contribution is -2.47. The largest absolute Gasteiger partial charge is 0.383 e. The van der Waals surface area contributed by atoms with E-state index in [1.807, 2.05) is 18.3 Å². The molecule has 3 heterocycles. The van der Waals surface area contributed by atoms with Crippen LogP contribution in [0.25, 0.3) is 28.0 Å². The molecule has 8 heteroatoms. The molecule has 188 valence electrons. The number of hydrogen-bond donors (Lipinski definition) is 0. The van der Waals surface area contributed by atoms with E-state index in [0.29, 0.717) is 4.90 Å². The Morgan fingerprint density at radius 1 is 0.889 bits per heavy atom. The van der Waals surface area contributed by atoms with Crippen molar-refractivity contribution in [1.82, 2.24) is 14.3 Å². The molecule has 0 amide bonds. The van der Waals surface area contributed by atoms with Crippen molar-refractivity contribution in [2.24, 2.45) is 0 Å². The van der Waals surface area contributed by atoms with Crippen molar-refractivity contribution >= 4 is 21.2 Å². The molecule has 1 saturated heterocycles. The standard InChI is InChI=1S/C28H32N4O3S/c1-21-18-24(22-4-8-25(9-5-22)31-14-12-30(13-15-31)16-17-35-2)19-32-20-27(29-28(21)32)23-6-10-26(11-7-23)36(3,33)34/h4-11,18-20H,12-17H2,1-3H3. The van der Waals surface area contributed by atoms with Crippen molar-refractivity contribution in [1.29, 1.82) is 0 Å². The number of anilines is 1. The first-order valence-electron chi connectivity index (χ1n) is 12.2. The van der Waals surface area contributed by atoms with Gasteiger partial charge in [0.05, 0.1) is 17.2 Å². The van der Waals surface area contributed by atoms with Gasteiger partial charge in [0.25, 0.3) is 0 Å². The Bertz CT molecular complexity index is 1450. The smallest absolute Gasteiger partial charge is 0.175 e. The van der Waals surface area contributed by atoms with E-state index in [9.17, 15) is 8.42 Å². The van der Waals surface area contributed by atoms with Gasteiger partial charge in [-0.1, -0.05) is 24.3 Å². The summed E-state index contributed by atoms with van der Waals surface area (Å²) in [5.41, 5.74) is 7.23. The number of sulfone groups is 1. The summed E-state index contributed by atoms with van der Waals surface area (Å²) < 4.78 is 30.8. The number of hydrogen-bond acceptors (Lipinski definition) is 6. The quantitative estimate of drug-likeness (QED) is 0.377. The molecule has 0 unspecified atom stereocenters. The molecule has 0 N–H and O–H groups in total. The van der Waals surface area contributed by atoms with E-state index >= 15 is 0 Å². The zero-order valence-electron chi connectivity index (χ0n) is 21.0. The van der Waals surface area contributed by atoms with Crippen LogP contribution in [0.1, 0.15) is 5.56 Å². The van der Waals surface area contributed by atoms with Crippen molar-refractivity contribution in [3.05, 3.63) is 72.6 Å². The zero-order valence-corrected chi connectivity index (χ0v) is 21.8. The second-order valence-corrected chi connectivity index (χ2v) is 11.4. The first-order chi connectivity index (χ1) is 17.3. The topological polar surface area (TPSA) is 67.2 Å². The number of piperazine rings is 1. The number of aromatic nitrogens is 2. The Hall–Kier alpha value is -3.20. The van der Waals surface area contributed by atoms with Crippen LogP contribution < -0.4 is 4.90 Å². The van der Waals surface area contributed by atoms with Crippen LogP contribution in [0.15, 0.2) is 71.9 Å². The number of aryl methyl sites for hydroxylation is 1. The van der Waals surface area contributed by atoms with E-state index in [1.54, 1.807) is 19.2 Å². The first kappa shape index (κ1) is 24.5.